The first-order valence-corrected chi connectivity index (χ1v) is 34.0. The molecule has 19 rings (SSSR count). The third kappa shape index (κ3) is 14.2. The van der Waals surface area contributed by atoms with Crippen molar-refractivity contribution in [1.82, 2.24) is 0 Å². The number of carbonyl (C=O) groups excluding carboxylic acids is 16. The molecule has 27 heteroatoms. The summed E-state index contributed by atoms with van der Waals surface area (Å²) in [5.74, 6) is -2.16. The van der Waals surface area contributed by atoms with Crippen molar-refractivity contribution in [3.8, 4) is 0 Å². The van der Waals surface area contributed by atoms with Gasteiger partial charge in [-0.15, -0.1) is 0 Å². The van der Waals surface area contributed by atoms with Gasteiger partial charge in [-0.05, 0) is 143 Å². The Balaban J connectivity index is 0.000000112. The monoisotopic (exact) mass is 1360 g/mol. The van der Waals surface area contributed by atoms with E-state index in [-0.39, 0.29) is 155 Å². The molecule has 0 aromatic carbocycles. The van der Waals surface area contributed by atoms with Crippen LogP contribution in [0.4, 0.5) is 0 Å². The fourth-order valence-electron chi connectivity index (χ4n) is 18.7. The van der Waals surface area contributed by atoms with E-state index in [4.69, 9.17) is 14.6 Å². The van der Waals surface area contributed by atoms with E-state index in [2.05, 4.69) is 77.9 Å². The Morgan fingerprint density at radius 1 is 0.439 bits per heavy atom. The zero-order valence-corrected chi connectivity index (χ0v) is 54.0. The average Bonchev–Trinajstić information content (AvgIpc) is 1.56. The highest BCUT2D eigenvalue weighted by atomic mass is 16.6. The van der Waals surface area contributed by atoms with Gasteiger partial charge < -0.3 is 47.7 Å². The lowest BCUT2D eigenvalue weighted by Gasteiger charge is -2.26. The number of hydrogen-bond donors (Lipinski definition) is 1. The largest absolute Gasteiger partial charge is 0.481 e. The topological polar surface area (TPSA) is 393 Å². The lowest BCUT2D eigenvalue weighted by atomic mass is 9.81. The number of cyclic esters (lactones) is 15. The van der Waals surface area contributed by atoms with Crippen molar-refractivity contribution in [2.45, 2.75) is 136 Å². The Kier molecular flexibility index (Phi) is 21.3. The third-order valence-corrected chi connectivity index (χ3v) is 23.3. The second-order valence-corrected chi connectivity index (χ2v) is 28.3. The van der Waals surface area contributed by atoms with Crippen LogP contribution in [0.3, 0.4) is 0 Å². The summed E-state index contributed by atoms with van der Waals surface area (Å²) in [7, 11) is 0. The molecule has 22 unspecified atom stereocenters. The molecule has 8 bridgehead atoms. The van der Waals surface area contributed by atoms with Gasteiger partial charge in [-0.3, -0.25) is 71.9 Å². The summed E-state index contributed by atoms with van der Waals surface area (Å²) < 4.78 is 40.8. The molecular formula is C71H78O27. The maximum absolute atomic E-state index is 11.4. The van der Waals surface area contributed by atoms with Crippen LogP contribution in [0.1, 0.15) is 129 Å². The minimum atomic E-state index is -0.860. The van der Waals surface area contributed by atoms with E-state index in [0.29, 0.717) is 91.2 Å². The molecule has 8 heterocycles. The van der Waals surface area contributed by atoms with Crippen molar-refractivity contribution in [3.63, 3.8) is 0 Å². The molecule has 0 radical (unpaired) electrons. The molecule has 8 aliphatic heterocycles. The minimum absolute atomic E-state index is 0.0538. The van der Waals surface area contributed by atoms with E-state index in [0.717, 1.165) is 89.2 Å². The highest BCUT2D eigenvalue weighted by Gasteiger charge is 2.64. The number of allylic oxidation sites excluding steroid dienone is 7. The molecule has 8 saturated carbocycles. The highest BCUT2D eigenvalue weighted by molar-refractivity contribution is 6.05. The molecular weight excluding hydrogens is 1280 g/mol. The van der Waals surface area contributed by atoms with E-state index in [1.807, 2.05) is 12.2 Å². The van der Waals surface area contributed by atoms with Gasteiger partial charge in [-0.25, -0.2) is 9.59 Å². The maximum Gasteiger partial charge on any atom is 0.338 e. The molecule has 98 heavy (non-hydrogen) atoms. The number of carboxylic acid groups (broad SMARTS) is 1. The maximum atomic E-state index is 11.4. The van der Waals surface area contributed by atoms with Crippen LogP contribution in [0.25, 0.3) is 0 Å². The van der Waals surface area contributed by atoms with Gasteiger partial charge in [-0.2, -0.15) is 0 Å². The summed E-state index contributed by atoms with van der Waals surface area (Å²) in [6.07, 6.45) is 29.6. The van der Waals surface area contributed by atoms with Gasteiger partial charge in [0.15, 0.2) is 0 Å². The van der Waals surface area contributed by atoms with Crippen LogP contribution in [0.5, 0.6) is 0 Å². The predicted octanol–water partition coefficient (Wildman–Crippen LogP) is 5.77. The van der Waals surface area contributed by atoms with Crippen molar-refractivity contribution in [2.24, 2.45) is 136 Å². The number of esters is 15. The Hall–Kier alpha value is -8.91. The van der Waals surface area contributed by atoms with Crippen molar-refractivity contribution >= 4 is 102 Å². The number of ether oxygens (including phenoxy) is 9. The first-order chi connectivity index (χ1) is 46.8. The van der Waals surface area contributed by atoms with Crippen molar-refractivity contribution in [3.05, 3.63) is 60.9 Å². The molecule has 27 nitrogen and oxygen atoms in total. The second-order valence-electron chi connectivity index (χ2n) is 28.3. The van der Waals surface area contributed by atoms with Crippen molar-refractivity contribution in [1.29, 1.82) is 0 Å². The average molecular weight is 1360 g/mol. The van der Waals surface area contributed by atoms with Gasteiger partial charge in [0.1, 0.15) is 11.9 Å². The molecule has 11 aliphatic carbocycles. The molecule has 19 aliphatic rings. The summed E-state index contributed by atoms with van der Waals surface area (Å²) in [4.78, 5) is 184. The van der Waals surface area contributed by atoms with Crippen LogP contribution >= 0.6 is 0 Å². The number of rotatable bonds is 3. The lowest BCUT2D eigenvalue weighted by Crippen LogP contribution is -2.33. The van der Waals surface area contributed by atoms with E-state index in [9.17, 15) is 81.5 Å². The van der Waals surface area contributed by atoms with Crippen LogP contribution < -0.4 is 0 Å². The fourth-order valence-corrected chi connectivity index (χ4v) is 18.7. The Bertz CT molecular complexity index is 3310. The Morgan fingerprint density at radius 3 is 1.29 bits per heavy atom. The molecule has 1 N–H and O–H groups in total. The fraction of sp³-hybridized carbons (Fsp3) is 0.620. The Labute approximate surface area is 561 Å². The van der Waals surface area contributed by atoms with Crippen molar-refractivity contribution < 1.29 is 129 Å². The van der Waals surface area contributed by atoms with Gasteiger partial charge in [0.25, 0.3) is 6.47 Å². The Morgan fingerprint density at radius 2 is 0.857 bits per heavy atom. The SMILES string of the molecule is C=C1OC(=O)C2C3C=CC(C3)C12.CC1C2C=CC1C1C(=O)OC(=O)C21.CC1C2CCC1C1C(=O)OC(=O)C21.O=C1C=CC(=O)O1.O=C1CCC(=O)O1.O=C1OC(=O)C2C3CCC(C3)C12.O=C1OC(=O)C2CC=CCC12.O=C1OC(=O)C2CCCCC12.O=COC1CCCCC1C(=O)O. The lowest BCUT2D eigenvalue weighted by molar-refractivity contribution is -0.156. The van der Waals surface area contributed by atoms with E-state index < -0.39 is 41.9 Å². The summed E-state index contributed by atoms with van der Waals surface area (Å²) in [6.45, 7) is 8.40. The summed E-state index contributed by atoms with van der Waals surface area (Å²) in [6, 6.07) is 0. The van der Waals surface area contributed by atoms with Gasteiger partial charge in [0.05, 0.1) is 83.9 Å². The highest BCUT2D eigenvalue weighted by Crippen LogP contribution is 2.60. The zero-order valence-electron chi connectivity index (χ0n) is 54.0. The molecule has 22 atom stereocenters. The first kappa shape index (κ1) is 70.4. The van der Waals surface area contributed by atoms with E-state index in [1.165, 1.54) is 0 Å². The summed E-state index contributed by atoms with van der Waals surface area (Å²) >= 11 is 0. The summed E-state index contributed by atoms with van der Waals surface area (Å²) in [5, 5.41) is 8.74. The van der Waals surface area contributed by atoms with E-state index in [1.54, 1.807) is 0 Å². The van der Waals surface area contributed by atoms with Gasteiger partial charge in [-0.1, -0.05) is 76.1 Å². The molecule has 0 amide bonds. The van der Waals surface area contributed by atoms with Crippen LogP contribution in [-0.4, -0.2) is 113 Å². The van der Waals surface area contributed by atoms with Crippen molar-refractivity contribution in [2.75, 3.05) is 0 Å². The van der Waals surface area contributed by atoms with Gasteiger partial charge in [0, 0.05) is 18.1 Å². The number of aliphatic carboxylic acids is 1. The quantitative estimate of drug-likeness (QED) is 0.115. The predicted molar refractivity (Wildman–Crippen MR) is 323 cm³/mol. The number of carbonyl (C=O) groups is 17. The molecule has 524 valence electrons. The molecule has 0 aromatic rings. The van der Waals surface area contributed by atoms with Crippen LogP contribution in [-0.2, 0) is 124 Å². The number of carboxylic acids is 1. The third-order valence-electron chi connectivity index (χ3n) is 23.3. The van der Waals surface area contributed by atoms with Gasteiger partial charge in [0.2, 0.25) is 0 Å². The second kappa shape index (κ2) is 29.7. The van der Waals surface area contributed by atoms with Crippen LogP contribution in [0, 0.1) is 136 Å². The van der Waals surface area contributed by atoms with Gasteiger partial charge >= 0.3 is 95.5 Å². The zero-order chi connectivity index (χ0) is 70.1. The number of fused-ring (bicyclic) bond motifs is 22. The van der Waals surface area contributed by atoms with Crippen LogP contribution in [0.15, 0.2) is 60.9 Å². The first-order valence-electron chi connectivity index (χ1n) is 34.0. The molecule has 15 fully saturated rings. The minimum Gasteiger partial charge on any atom is -0.481 e. The molecule has 0 aromatic heterocycles. The smallest absolute Gasteiger partial charge is 0.338 e. The number of hydrogen-bond acceptors (Lipinski definition) is 26. The van der Waals surface area contributed by atoms with Crippen LogP contribution in [0.2, 0.25) is 0 Å². The van der Waals surface area contributed by atoms with E-state index >= 15 is 0 Å². The summed E-state index contributed by atoms with van der Waals surface area (Å²) in [5.41, 5.74) is 0. The molecule has 7 saturated heterocycles. The molecule has 0 spiro atoms. The standard InChI is InChI=1S/C10H12O3.C10H10O3.C10H10O2.C9H10O3.C8H12O4.C8H10O3.C8H8O3.C4H4O3.C4H2O3/c2*1-4-5-2-3-6(4)8-7(5)9(11)13-10(8)12;1-5-8-6-2-3-7(4-6)9(8)10(11)12-5;10-8-6-4-1-2-5(3-4)7(6)9(11)12-8;9-5-12-7-4-2-1-3-6(7)8(10)11;2*9-7-5-3-1-2-4-6(5)8(10)11-7;2*5-3-1-2-4(6)7-3/h4-8H,2-3H2,1H3;2-8H,1H3;2-3,6-9H,1,4H2;4-7H,1-3H2;5-7H,1-4H2,(H,10,11);5-6H,1-4H2;1-2,5-6H,3-4H2;1-2H2;1-2H. The normalized spacial score (nSPS) is 40.1.